The molecular formula is C12H23NO2. The Morgan fingerprint density at radius 3 is 2.47 bits per heavy atom. The average molecular weight is 213 g/mol. The molecule has 0 rings (SSSR count). The van der Waals surface area contributed by atoms with Crippen molar-refractivity contribution < 1.29 is 9.53 Å². The van der Waals surface area contributed by atoms with Crippen molar-refractivity contribution in [1.29, 1.82) is 0 Å². The van der Waals surface area contributed by atoms with Crippen molar-refractivity contribution in [3.8, 4) is 0 Å². The van der Waals surface area contributed by atoms with Crippen molar-refractivity contribution in [2.24, 2.45) is 0 Å². The molecule has 15 heavy (non-hydrogen) atoms. The first-order chi connectivity index (χ1) is 7.07. The third kappa shape index (κ3) is 8.03. The Morgan fingerprint density at radius 1 is 1.27 bits per heavy atom. The molecule has 0 unspecified atom stereocenters. The summed E-state index contributed by atoms with van der Waals surface area (Å²) in [5.74, 6) is -0.208. The number of esters is 1. The lowest BCUT2D eigenvalue weighted by Gasteiger charge is -2.08. The zero-order chi connectivity index (χ0) is 11.7. The molecule has 0 heterocycles. The number of nitrogens with zero attached hydrogens (tertiary/aromatic N) is 1. The summed E-state index contributed by atoms with van der Waals surface area (Å²) in [5.41, 5.74) is 0.649. The SMILES string of the molecule is CCCCCCOC(=O)/C(C)=C/N(C)C. The number of ether oxygens (including phenoxy) is 1. The van der Waals surface area contributed by atoms with Crippen LogP contribution in [-0.2, 0) is 9.53 Å². The van der Waals surface area contributed by atoms with Crippen LogP contribution in [0.25, 0.3) is 0 Å². The Hall–Kier alpha value is -0.990. The molecule has 0 atom stereocenters. The van der Waals surface area contributed by atoms with E-state index in [1.165, 1.54) is 12.8 Å². The van der Waals surface area contributed by atoms with Gasteiger partial charge in [-0.3, -0.25) is 0 Å². The summed E-state index contributed by atoms with van der Waals surface area (Å²) < 4.78 is 5.12. The van der Waals surface area contributed by atoms with Crippen LogP contribution >= 0.6 is 0 Å². The van der Waals surface area contributed by atoms with E-state index >= 15 is 0 Å². The van der Waals surface area contributed by atoms with Crippen molar-refractivity contribution in [2.45, 2.75) is 39.5 Å². The molecule has 0 saturated carbocycles. The van der Waals surface area contributed by atoms with E-state index in [2.05, 4.69) is 6.92 Å². The largest absolute Gasteiger partial charge is 0.462 e. The first kappa shape index (κ1) is 14.0. The van der Waals surface area contributed by atoms with Crippen LogP contribution in [0, 0.1) is 0 Å². The van der Waals surface area contributed by atoms with E-state index in [0.29, 0.717) is 12.2 Å². The molecule has 0 spiro atoms. The van der Waals surface area contributed by atoms with E-state index in [1.54, 1.807) is 13.1 Å². The third-order valence-electron chi connectivity index (χ3n) is 2.00. The van der Waals surface area contributed by atoms with E-state index in [4.69, 9.17) is 4.74 Å². The Balaban J connectivity index is 3.65. The average Bonchev–Trinajstić information content (AvgIpc) is 2.16. The lowest BCUT2D eigenvalue weighted by atomic mass is 10.2. The minimum Gasteiger partial charge on any atom is -0.462 e. The molecule has 3 nitrogen and oxygen atoms in total. The second-order valence-corrected chi connectivity index (χ2v) is 3.97. The molecule has 0 aliphatic carbocycles. The van der Waals surface area contributed by atoms with E-state index < -0.39 is 0 Å². The third-order valence-corrected chi connectivity index (χ3v) is 2.00. The van der Waals surface area contributed by atoms with Gasteiger partial charge in [-0.15, -0.1) is 0 Å². The summed E-state index contributed by atoms with van der Waals surface area (Å²) in [6.45, 7) is 4.47. The monoisotopic (exact) mass is 213 g/mol. The molecule has 0 N–H and O–H groups in total. The Bertz CT molecular complexity index is 210. The Kier molecular flexibility index (Phi) is 7.78. The molecule has 0 aromatic rings. The maximum absolute atomic E-state index is 11.4. The van der Waals surface area contributed by atoms with Gasteiger partial charge in [-0.25, -0.2) is 4.79 Å². The number of hydrogen-bond acceptors (Lipinski definition) is 3. The number of carbonyl (C=O) groups excluding carboxylic acids is 1. The van der Waals surface area contributed by atoms with Gasteiger partial charge in [-0.2, -0.15) is 0 Å². The molecule has 0 amide bonds. The maximum atomic E-state index is 11.4. The van der Waals surface area contributed by atoms with E-state index in [0.717, 1.165) is 12.8 Å². The minimum absolute atomic E-state index is 0.208. The fraction of sp³-hybridized carbons (Fsp3) is 0.750. The van der Waals surface area contributed by atoms with Crippen LogP contribution in [0.3, 0.4) is 0 Å². The summed E-state index contributed by atoms with van der Waals surface area (Å²) in [4.78, 5) is 13.2. The minimum atomic E-state index is -0.208. The van der Waals surface area contributed by atoms with Crippen LogP contribution in [0.15, 0.2) is 11.8 Å². The maximum Gasteiger partial charge on any atom is 0.335 e. The van der Waals surface area contributed by atoms with Crippen molar-refractivity contribution >= 4 is 5.97 Å². The van der Waals surface area contributed by atoms with E-state index in [1.807, 2.05) is 19.0 Å². The molecular weight excluding hydrogens is 190 g/mol. The van der Waals surface area contributed by atoms with Crippen LogP contribution in [-0.4, -0.2) is 31.6 Å². The van der Waals surface area contributed by atoms with Gasteiger partial charge in [0.25, 0.3) is 0 Å². The molecule has 0 aliphatic rings. The lowest BCUT2D eigenvalue weighted by molar-refractivity contribution is -0.139. The quantitative estimate of drug-likeness (QED) is 0.370. The summed E-state index contributed by atoms with van der Waals surface area (Å²) in [5, 5.41) is 0. The van der Waals surface area contributed by atoms with Gasteiger partial charge in [0.1, 0.15) is 0 Å². The molecule has 0 bridgehead atoms. The fourth-order valence-electron chi connectivity index (χ4n) is 1.25. The molecule has 0 aromatic heterocycles. The highest BCUT2D eigenvalue weighted by atomic mass is 16.5. The summed E-state index contributed by atoms with van der Waals surface area (Å²) in [7, 11) is 3.77. The first-order valence-electron chi connectivity index (χ1n) is 5.60. The first-order valence-corrected chi connectivity index (χ1v) is 5.60. The van der Waals surface area contributed by atoms with E-state index in [-0.39, 0.29) is 5.97 Å². The van der Waals surface area contributed by atoms with Gasteiger partial charge in [0, 0.05) is 25.9 Å². The standard InChI is InChI=1S/C12H23NO2/c1-5-6-7-8-9-15-12(14)11(2)10-13(3)4/h10H,5-9H2,1-4H3/b11-10+. The molecule has 0 saturated heterocycles. The summed E-state index contributed by atoms with van der Waals surface area (Å²) >= 11 is 0. The van der Waals surface area contributed by atoms with Crippen LogP contribution in [0.1, 0.15) is 39.5 Å². The van der Waals surface area contributed by atoms with Gasteiger partial charge in [-0.1, -0.05) is 26.2 Å². The summed E-state index contributed by atoms with van der Waals surface area (Å²) in [6.07, 6.45) is 6.29. The van der Waals surface area contributed by atoms with Gasteiger partial charge in [-0.05, 0) is 13.3 Å². The molecule has 88 valence electrons. The summed E-state index contributed by atoms with van der Waals surface area (Å²) in [6, 6.07) is 0. The van der Waals surface area contributed by atoms with Gasteiger partial charge in [0.15, 0.2) is 0 Å². The smallest absolute Gasteiger partial charge is 0.335 e. The normalized spacial score (nSPS) is 11.3. The number of hydrogen-bond donors (Lipinski definition) is 0. The van der Waals surface area contributed by atoms with Gasteiger partial charge < -0.3 is 9.64 Å². The zero-order valence-electron chi connectivity index (χ0n) is 10.4. The number of rotatable bonds is 7. The van der Waals surface area contributed by atoms with Crippen LogP contribution in [0.5, 0.6) is 0 Å². The van der Waals surface area contributed by atoms with Crippen molar-refractivity contribution in [3.05, 3.63) is 11.8 Å². The Labute approximate surface area is 93.1 Å². The predicted octanol–water partition coefficient (Wildman–Crippen LogP) is 2.58. The lowest BCUT2D eigenvalue weighted by Crippen LogP contribution is -2.11. The highest BCUT2D eigenvalue weighted by Crippen LogP contribution is 2.02. The van der Waals surface area contributed by atoms with Crippen molar-refractivity contribution in [3.63, 3.8) is 0 Å². The second-order valence-electron chi connectivity index (χ2n) is 3.97. The second kappa shape index (κ2) is 8.33. The van der Waals surface area contributed by atoms with Gasteiger partial charge >= 0.3 is 5.97 Å². The molecule has 0 aromatic carbocycles. The van der Waals surface area contributed by atoms with Crippen LogP contribution < -0.4 is 0 Å². The highest BCUT2D eigenvalue weighted by molar-refractivity contribution is 5.87. The zero-order valence-corrected chi connectivity index (χ0v) is 10.4. The van der Waals surface area contributed by atoms with Crippen molar-refractivity contribution in [1.82, 2.24) is 4.90 Å². The molecule has 0 fully saturated rings. The van der Waals surface area contributed by atoms with Crippen molar-refractivity contribution in [2.75, 3.05) is 20.7 Å². The predicted molar refractivity (Wildman–Crippen MR) is 62.5 cm³/mol. The van der Waals surface area contributed by atoms with Crippen LogP contribution in [0.2, 0.25) is 0 Å². The molecule has 3 heteroatoms. The fourth-order valence-corrected chi connectivity index (χ4v) is 1.25. The highest BCUT2D eigenvalue weighted by Gasteiger charge is 2.05. The number of unbranched alkanes of at least 4 members (excludes halogenated alkanes) is 3. The van der Waals surface area contributed by atoms with E-state index in [9.17, 15) is 4.79 Å². The Morgan fingerprint density at radius 2 is 1.93 bits per heavy atom. The van der Waals surface area contributed by atoms with Gasteiger partial charge in [0.2, 0.25) is 0 Å². The van der Waals surface area contributed by atoms with Crippen LogP contribution in [0.4, 0.5) is 0 Å². The van der Waals surface area contributed by atoms with Gasteiger partial charge in [0.05, 0.1) is 6.61 Å². The topological polar surface area (TPSA) is 29.5 Å². The number of carbonyl (C=O) groups is 1. The molecule has 0 radical (unpaired) electrons. The molecule has 0 aliphatic heterocycles.